The molecular formula is C20H18ClNO2. The van der Waals surface area contributed by atoms with Crippen LogP contribution >= 0.6 is 11.6 Å². The Hall–Kier alpha value is -2.52. The van der Waals surface area contributed by atoms with Gasteiger partial charge in [0.15, 0.2) is 5.78 Å². The van der Waals surface area contributed by atoms with Crippen molar-refractivity contribution >= 4 is 17.4 Å². The molecule has 4 heteroatoms. The third-order valence-corrected chi connectivity index (χ3v) is 4.35. The molecule has 2 aromatic carbocycles. The lowest BCUT2D eigenvalue weighted by Crippen LogP contribution is -2.01. The van der Waals surface area contributed by atoms with E-state index in [-0.39, 0.29) is 5.78 Å². The van der Waals surface area contributed by atoms with E-state index in [1.807, 2.05) is 61.5 Å². The number of aromatic nitrogens is 1. The summed E-state index contributed by atoms with van der Waals surface area (Å²) in [6.45, 7) is 3.55. The number of ether oxygens (including phenoxy) is 1. The number of rotatable bonds is 4. The molecule has 3 aromatic rings. The highest BCUT2D eigenvalue weighted by Gasteiger charge is 2.17. The van der Waals surface area contributed by atoms with E-state index in [2.05, 4.69) is 4.57 Å². The average Bonchev–Trinajstić information content (AvgIpc) is 2.93. The van der Waals surface area contributed by atoms with Crippen LogP contribution in [0.3, 0.4) is 0 Å². The molecule has 24 heavy (non-hydrogen) atoms. The molecule has 3 nitrogen and oxygen atoms in total. The molecule has 0 spiro atoms. The van der Waals surface area contributed by atoms with Crippen LogP contribution in [0.5, 0.6) is 5.75 Å². The third kappa shape index (κ3) is 2.95. The minimum Gasteiger partial charge on any atom is -0.497 e. The van der Waals surface area contributed by atoms with Gasteiger partial charge in [0.05, 0.1) is 12.8 Å². The molecule has 1 heterocycles. The quantitative estimate of drug-likeness (QED) is 0.602. The Morgan fingerprint density at radius 3 is 2.21 bits per heavy atom. The fraction of sp³-hybridized carbons (Fsp3) is 0.150. The average molecular weight is 340 g/mol. The van der Waals surface area contributed by atoms with Gasteiger partial charge >= 0.3 is 0 Å². The first-order valence-corrected chi connectivity index (χ1v) is 8.02. The van der Waals surface area contributed by atoms with Gasteiger partial charge in [-0.25, -0.2) is 0 Å². The topological polar surface area (TPSA) is 31.2 Å². The van der Waals surface area contributed by atoms with Crippen LogP contribution in [0, 0.1) is 6.92 Å². The highest BCUT2D eigenvalue weighted by molar-refractivity contribution is 6.30. The zero-order valence-corrected chi connectivity index (χ0v) is 14.6. The fourth-order valence-electron chi connectivity index (χ4n) is 2.86. The van der Waals surface area contributed by atoms with Gasteiger partial charge in [-0.3, -0.25) is 4.79 Å². The molecule has 1 aromatic heterocycles. The largest absolute Gasteiger partial charge is 0.497 e. The molecule has 0 aliphatic rings. The number of carbonyl (C=O) groups excluding carboxylic acids is 1. The Morgan fingerprint density at radius 1 is 1.04 bits per heavy atom. The SMILES string of the molecule is COc1ccc(-c2cc(C(C)=O)c(C)n2-c2ccc(Cl)cc2)cc1. The summed E-state index contributed by atoms with van der Waals surface area (Å²) in [6.07, 6.45) is 0. The molecule has 0 unspecified atom stereocenters. The van der Waals surface area contributed by atoms with Crippen molar-refractivity contribution in [3.05, 3.63) is 70.9 Å². The van der Waals surface area contributed by atoms with Gasteiger partial charge in [-0.05, 0) is 74.0 Å². The molecule has 0 bridgehead atoms. The molecule has 0 saturated carbocycles. The van der Waals surface area contributed by atoms with Crippen molar-refractivity contribution in [1.82, 2.24) is 4.57 Å². The smallest absolute Gasteiger partial charge is 0.161 e. The number of hydrogen-bond acceptors (Lipinski definition) is 2. The predicted octanol–water partition coefficient (Wildman–Crippen LogP) is 5.32. The zero-order valence-electron chi connectivity index (χ0n) is 13.8. The standard InChI is InChI=1S/C20H18ClNO2/c1-13-19(14(2)23)12-20(15-4-10-18(24-3)11-5-15)22(13)17-8-6-16(21)7-9-17/h4-12H,1-3H3. The number of ketones is 1. The minimum absolute atomic E-state index is 0.0509. The number of halogens is 1. The second-order valence-electron chi connectivity index (χ2n) is 5.63. The van der Waals surface area contributed by atoms with Crippen molar-refractivity contribution < 1.29 is 9.53 Å². The maximum Gasteiger partial charge on any atom is 0.161 e. The summed E-state index contributed by atoms with van der Waals surface area (Å²) in [5.74, 6) is 0.849. The molecule has 0 N–H and O–H groups in total. The molecule has 0 atom stereocenters. The predicted molar refractivity (Wildman–Crippen MR) is 97.5 cm³/mol. The number of carbonyl (C=O) groups is 1. The lowest BCUT2D eigenvalue weighted by molar-refractivity contribution is 0.101. The summed E-state index contributed by atoms with van der Waals surface area (Å²) >= 11 is 6.01. The maximum atomic E-state index is 12.0. The van der Waals surface area contributed by atoms with Crippen LogP contribution in [0.4, 0.5) is 0 Å². The molecular weight excluding hydrogens is 322 g/mol. The molecule has 122 valence electrons. The Labute approximate surface area is 146 Å². The summed E-state index contributed by atoms with van der Waals surface area (Å²) in [6, 6.07) is 17.3. The van der Waals surface area contributed by atoms with Gasteiger partial charge in [0, 0.05) is 22.0 Å². The lowest BCUT2D eigenvalue weighted by Gasteiger charge is -2.13. The number of hydrogen-bond donors (Lipinski definition) is 0. The number of nitrogens with zero attached hydrogens (tertiary/aromatic N) is 1. The van der Waals surface area contributed by atoms with E-state index in [9.17, 15) is 4.79 Å². The molecule has 0 aliphatic carbocycles. The van der Waals surface area contributed by atoms with Crippen molar-refractivity contribution in [3.63, 3.8) is 0 Å². The second kappa shape index (κ2) is 6.54. The van der Waals surface area contributed by atoms with Crippen LogP contribution in [0.15, 0.2) is 54.6 Å². The van der Waals surface area contributed by atoms with E-state index in [1.165, 1.54) is 0 Å². The van der Waals surface area contributed by atoms with Gasteiger partial charge in [-0.1, -0.05) is 11.6 Å². The zero-order chi connectivity index (χ0) is 17.3. The summed E-state index contributed by atoms with van der Waals surface area (Å²) in [7, 11) is 1.64. The summed E-state index contributed by atoms with van der Waals surface area (Å²) in [5, 5.41) is 0.682. The summed E-state index contributed by atoms with van der Waals surface area (Å²) in [4.78, 5) is 12.0. The van der Waals surface area contributed by atoms with Gasteiger partial charge in [0.1, 0.15) is 5.75 Å². The van der Waals surface area contributed by atoms with Crippen molar-refractivity contribution in [2.45, 2.75) is 13.8 Å². The summed E-state index contributed by atoms with van der Waals surface area (Å²) in [5.41, 5.74) is 4.57. The van der Waals surface area contributed by atoms with E-state index in [0.29, 0.717) is 5.02 Å². The minimum atomic E-state index is 0.0509. The van der Waals surface area contributed by atoms with Crippen LogP contribution < -0.4 is 4.74 Å². The summed E-state index contributed by atoms with van der Waals surface area (Å²) < 4.78 is 7.30. The van der Waals surface area contributed by atoms with Gasteiger partial charge in [0.25, 0.3) is 0 Å². The Balaban J connectivity index is 2.21. The van der Waals surface area contributed by atoms with E-state index < -0.39 is 0 Å². The van der Waals surface area contributed by atoms with Crippen LogP contribution in [0.2, 0.25) is 5.02 Å². The van der Waals surface area contributed by atoms with E-state index in [4.69, 9.17) is 16.3 Å². The fourth-order valence-corrected chi connectivity index (χ4v) is 2.99. The Morgan fingerprint density at radius 2 is 1.67 bits per heavy atom. The van der Waals surface area contributed by atoms with Crippen molar-refractivity contribution in [1.29, 1.82) is 0 Å². The number of Topliss-reactive ketones (excluding diaryl/α,β-unsaturated/α-hetero) is 1. The normalized spacial score (nSPS) is 10.7. The Bertz CT molecular complexity index is 877. The van der Waals surface area contributed by atoms with Crippen molar-refractivity contribution in [3.8, 4) is 22.7 Å². The van der Waals surface area contributed by atoms with Gasteiger partial charge in [0.2, 0.25) is 0 Å². The van der Waals surface area contributed by atoms with Gasteiger partial charge < -0.3 is 9.30 Å². The second-order valence-corrected chi connectivity index (χ2v) is 6.06. The van der Waals surface area contributed by atoms with E-state index in [1.54, 1.807) is 14.0 Å². The van der Waals surface area contributed by atoms with Crippen molar-refractivity contribution in [2.24, 2.45) is 0 Å². The van der Waals surface area contributed by atoms with E-state index >= 15 is 0 Å². The molecule has 0 saturated heterocycles. The van der Waals surface area contributed by atoms with Gasteiger partial charge in [-0.15, -0.1) is 0 Å². The van der Waals surface area contributed by atoms with Crippen LogP contribution in [-0.2, 0) is 0 Å². The first-order chi connectivity index (χ1) is 11.5. The van der Waals surface area contributed by atoms with Crippen LogP contribution in [0.1, 0.15) is 23.0 Å². The Kier molecular flexibility index (Phi) is 4.45. The highest BCUT2D eigenvalue weighted by atomic mass is 35.5. The third-order valence-electron chi connectivity index (χ3n) is 4.10. The van der Waals surface area contributed by atoms with Crippen molar-refractivity contribution in [2.75, 3.05) is 7.11 Å². The van der Waals surface area contributed by atoms with Gasteiger partial charge in [-0.2, -0.15) is 0 Å². The van der Waals surface area contributed by atoms with E-state index in [0.717, 1.165) is 34.0 Å². The highest BCUT2D eigenvalue weighted by Crippen LogP contribution is 2.31. The molecule has 0 radical (unpaired) electrons. The maximum absolute atomic E-state index is 12.0. The first kappa shape index (κ1) is 16.3. The monoisotopic (exact) mass is 339 g/mol. The molecule has 0 aliphatic heterocycles. The van der Waals surface area contributed by atoms with Crippen LogP contribution in [-0.4, -0.2) is 17.5 Å². The molecule has 3 rings (SSSR count). The number of benzene rings is 2. The molecule has 0 fully saturated rings. The van der Waals surface area contributed by atoms with Crippen LogP contribution in [0.25, 0.3) is 16.9 Å². The first-order valence-electron chi connectivity index (χ1n) is 7.65. The lowest BCUT2D eigenvalue weighted by atomic mass is 10.1. The molecule has 0 amide bonds. The number of methoxy groups -OCH3 is 1.